The van der Waals surface area contributed by atoms with Crippen molar-refractivity contribution in [1.82, 2.24) is 10.2 Å². The molecule has 1 unspecified atom stereocenters. The SMILES string of the molecule is CNCCCC(=O)N1CCCC(C(=O)c2ccc(F)cc2)C1.Cl. The third-order valence-electron chi connectivity index (χ3n) is 4.09. The van der Waals surface area contributed by atoms with E-state index in [4.69, 9.17) is 0 Å². The van der Waals surface area contributed by atoms with E-state index in [0.29, 0.717) is 18.5 Å². The Morgan fingerprint density at radius 2 is 2.00 bits per heavy atom. The molecule has 1 atom stereocenters. The lowest BCUT2D eigenvalue weighted by atomic mass is 9.90. The highest BCUT2D eigenvalue weighted by Crippen LogP contribution is 2.22. The first-order valence-electron chi connectivity index (χ1n) is 7.84. The standard InChI is InChI=1S/C17H23FN2O2.ClH/c1-19-10-2-5-16(21)20-11-3-4-14(12-20)17(22)13-6-8-15(18)9-7-13;/h6-9,14,19H,2-5,10-12H2,1H3;1H. The molecule has 0 aliphatic carbocycles. The quantitative estimate of drug-likeness (QED) is 0.638. The third kappa shape index (κ3) is 5.59. The fraction of sp³-hybridized carbons (Fsp3) is 0.529. The summed E-state index contributed by atoms with van der Waals surface area (Å²) >= 11 is 0. The number of Topliss-reactive ketones (excluding diaryl/α,β-unsaturated/α-hetero) is 1. The van der Waals surface area contributed by atoms with E-state index in [9.17, 15) is 14.0 Å². The molecule has 1 fully saturated rings. The van der Waals surface area contributed by atoms with Gasteiger partial charge in [0.1, 0.15) is 5.82 Å². The van der Waals surface area contributed by atoms with Crippen LogP contribution in [0.4, 0.5) is 4.39 Å². The Morgan fingerprint density at radius 3 is 2.65 bits per heavy atom. The molecule has 2 rings (SSSR count). The minimum absolute atomic E-state index is 0. The zero-order valence-electron chi connectivity index (χ0n) is 13.4. The van der Waals surface area contributed by atoms with Crippen LogP contribution < -0.4 is 5.32 Å². The number of nitrogens with one attached hydrogen (secondary N) is 1. The summed E-state index contributed by atoms with van der Waals surface area (Å²) in [6.45, 7) is 2.03. The Hall–Kier alpha value is -1.46. The summed E-state index contributed by atoms with van der Waals surface area (Å²) in [7, 11) is 1.86. The van der Waals surface area contributed by atoms with Crippen molar-refractivity contribution in [1.29, 1.82) is 0 Å². The van der Waals surface area contributed by atoms with Crippen LogP contribution in [-0.2, 0) is 4.79 Å². The largest absolute Gasteiger partial charge is 0.342 e. The van der Waals surface area contributed by atoms with E-state index in [0.717, 1.165) is 32.4 Å². The number of hydrogen-bond acceptors (Lipinski definition) is 3. The van der Waals surface area contributed by atoms with Gasteiger partial charge in [-0.25, -0.2) is 4.39 Å². The minimum Gasteiger partial charge on any atom is -0.342 e. The molecule has 0 radical (unpaired) electrons. The van der Waals surface area contributed by atoms with E-state index in [1.54, 1.807) is 4.90 Å². The fourth-order valence-corrected chi connectivity index (χ4v) is 2.84. The maximum absolute atomic E-state index is 12.9. The van der Waals surface area contributed by atoms with Gasteiger partial charge in [0.25, 0.3) is 0 Å². The molecule has 0 aromatic heterocycles. The van der Waals surface area contributed by atoms with Crippen LogP contribution in [0.1, 0.15) is 36.0 Å². The molecular weight excluding hydrogens is 319 g/mol. The number of rotatable bonds is 6. The topological polar surface area (TPSA) is 49.4 Å². The molecule has 1 amide bonds. The van der Waals surface area contributed by atoms with E-state index in [1.165, 1.54) is 24.3 Å². The average Bonchev–Trinajstić information content (AvgIpc) is 2.55. The molecule has 1 aromatic rings. The van der Waals surface area contributed by atoms with E-state index in [2.05, 4.69) is 5.32 Å². The summed E-state index contributed by atoms with van der Waals surface area (Å²) in [5.74, 6) is -0.395. The Kier molecular flexibility index (Phi) is 8.20. The van der Waals surface area contributed by atoms with Crippen molar-refractivity contribution >= 4 is 24.1 Å². The van der Waals surface area contributed by atoms with Gasteiger partial charge in [0, 0.05) is 31.0 Å². The molecule has 0 saturated carbocycles. The summed E-state index contributed by atoms with van der Waals surface area (Å²) in [5.41, 5.74) is 0.524. The molecule has 1 saturated heterocycles. The molecule has 1 heterocycles. The summed E-state index contributed by atoms with van der Waals surface area (Å²) in [6, 6.07) is 5.64. The molecule has 1 N–H and O–H groups in total. The summed E-state index contributed by atoms with van der Waals surface area (Å²) in [4.78, 5) is 26.4. The highest BCUT2D eigenvalue weighted by atomic mass is 35.5. The van der Waals surface area contributed by atoms with Gasteiger partial charge in [-0.15, -0.1) is 12.4 Å². The van der Waals surface area contributed by atoms with Crippen molar-refractivity contribution in [3.63, 3.8) is 0 Å². The van der Waals surface area contributed by atoms with Crippen molar-refractivity contribution in [3.8, 4) is 0 Å². The lowest BCUT2D eigenvalue weighted by molar-refractivity contribution is -0.132. The highest BCUT2D eigenvalue weighted by Gasteiger charge is 2.28. The molecule has 23 heavy (non-hydrogen) atoms. The van der Waals surface area contributed by atoms with Crippen molar-refractivity contribution in [2.45, 2.75) is 25.7 Å². The van der Waals surface area contributed by atoms with Crippen molar-refractivity contribution < 1.29 is 14.0 Å². The van der Waals surface area contributed by atoms with Gasteiger partial charge >= 0.3 is 0 Å². The van der Waals surface area contributed by atoms with E-state index in [1.807, 2.05) is 7.05 Å². The maximum atomic E-state index is 12.9. The fourth-order valence-electron chi connectivity index (χ4n) is 2.84. The number of piperidine rings is 1. The zero-order valence-corrected chi connectivity index (χ0v) is 14.2. The van der Waals surface area contributed by atoms with Crippen LogP contribution in [0.5, 0.6) is 0 Å². The third-order valence-corrected chi connectivity index (χ3v) is 4.09. The molecule has 0 spiro atoms. The van der Waals surface area contributed by atoms with E-state index < -0.39 is 0 Å². The van der Waals surface area contributed by atoms with Crippen LogP contribution in [0.15, 0.2) is 24.3 Å². The van der Waals surface area contributed by atoms with Crippen LogP contribution >= 0.6 is 12.4 Å². The molecular formula is C17H24ClFN2O2. The highest BCUT2D eigenvalue weighted by molar-refractivity contribution is 5.98. The van der Waals surface area contributed by atoms with Crippen LogP contribution in [0, 0.1) is 11.7 Å². The van der Waals surface area contributed by atoms with Crippen LogP contribution in [0.2, 0.25) is 0 Å². The second-order valence-electron chi connectivity index (χ2n) is 5.76. The molecule has 0 bridgehead atoms. The van der Waals surface area contributed by atoms with Gasteiger partial charge in [0.05, 0.1) is 0 Å². The number of nitrogens with zero attached hydrogens (tertiary/aromatic N) is 1. The molecule has 1 aromatic carbocycles. The lowest BCUT2D eigenvalue weighted by Crippen LogP contribution is -2.42. The first kappa shape index (κ1) is 19.6. The molecule has 4 nitrogen and oxygen atoms in total. The molecule has 1 aliphatic heterocycles. The minimum atomic E-state index is -0.346. The second kappa shape index (κ2) is 9.63. The van der Waals surface area contributed by atoms with Crippen molar-refractivity contribution in [3.05, 3.63) is 35.6 Å². The van der Waals surface area contributed by atoms with Crippen LogP contribution in [0.25, 0.3) is 0 Å². The van der Waals surface area contributed by atoms with Crippen molar-refractivity contribution in [2.24, 2.45) is 5.92 Å². The summed E-state index contributed by atoms with van der Waals surface area (Å²) in [6.07, 6.45) is 2.95. The number of ketones is 1. The van der Waals surface area contributed by atoms with E-state index >= 15 is 0 Å². The monoisotopic (exact) mass is 342 g/mol. The Labute approximate surface area is 142 Å². The maximum Gasteiger partial charge on any atom is 0.222 e. The number of amides is 1. The first-order valence-corrected chi connectivity index (χ1v) is 7.84. The van der Waals surface area contributed by atoms with Gasteiger partial charge in [-0.3, -0.25) is 9.59 Å². The Morgan fingerprint density at radius 1 is 1.30 bits per heavy atom. The van der Waals surface area contributed by atoms with Crippen LogP contribution in [0.3, 0.4) is 0 Å². The zero-order chi connectivity index (χ0) is 15.9. The van der Waals surface area contributed by atoms with Crippen LogP contribution in [-0.4, -0.2) is 43.3 Å². The number of carbonyl (C=O) groups excluding carboxylic acids is 2. The lowest BCUT2D eigenvalue weighted by Gasteiger charge is -2.32. The number of benzene rings is 1. The predicted molar refractivity (Wildman–Crippen MR) is 90.4 cm³/mol. The van der Waals surface area contributed by atoms with Crippen molar-refractivity contribution in [2.75, 3.05) is 26.7 Å². The van der Waals surface area contributed by atoms with Gasteiger partial charge in [-0.1, -0.05) is 0 Å². The second-order valence-corrected chi connectivity index (χ2v) is 5.76. The first-order chi connectivity index (χ1) is 10.6. The Balaban J connectivity index is 0.00000264. The number of likely N-dealkylation sites (tertiary alicyclic amines) is 1. The predicted octanol–water partition coefficient (Wildman–Crippen LogP) is 2.67. The number of hydrogen-bond donors (Lipinski definition) is 1. The van der Waals surface area contributed by atoms with E-state index in [-0.39, 0.29) is 35.8 Å². The van der Waals surface area contributed by atoms with Gasteiger partial charge < -0.3 is 10.2 Å². The summed E-state index contributed by atoms with van der Waals surface area (Å²) < 4.78 is 12.9. The molecule has 128 valence electrons. The normalized spacial score (nSPS) is 17.5. The number of halogens is 2. The summed E-state index contributed by atoms with van der Waals surface area (Å²) in [5, 5.41) is 3.02. The molecule has 1 aliphatic rings. The Bertz CT molecular complexity index is 522. The average molecular weight is 343 g/mol. The van der Waals surface area contributed by atoms with Gasteiger partial charge in [0.2, 0.25) is 5.91 Å². The molecule has 6 heteroatoms. The smallest absolute Gasteiger partial charge is 0.222 e. The van der Waals surface area contributed by atoms with Gasteiger partial charge in [-0.2, -0.15) is 0 Å². The number of carbonyl (C=O) groups is 2. The van der Waals surface area contributed by atoms with Gasteiger partial charge in [0.15, 0.2) is 5.78 Å². The van der Waals surface area contributed by atoms with Gasteiger partial charge in [-0.05, 0) is 57.1 Å².